The van der Waals surface area contributed by atoms with Gasteiger partial charge in [0.25, 0.3) is 5.91 Å². The lowest BCUT2D eigenvalue weighted by molar-refractivity contribution is 0.0899. The van der Waals surface area contributed by atoms with Gasteiger partial charge in [-0.1, -0.05) is 26.2 Å². The zero-order chi connectivity index (χ0) is 13.7. The minimum Gasteiger partial charge on any atom is -0.388 e. The second kappa shape index (κ2) is 6.55. The Balaban J connectivity index is 2.02. The average Bonchev–Trinajstić information content (AvgIpc) is 2.47. The monoisotopic (exact) mass is 261 g/mol. The fourth-order valence-electron chi connectivity index (χ4n) is 2.84. The lowest BCUT2D eigenvalue weighted by atomic mass is 9.83. The summed E-state index contributed by atoms with van der Waals surface area (Å²) in [6, 6.07) is 3.96. The van der Waals surface area contributed by atoms with Gasteiger partial charge in [-0.2, -0.15) is 0 Å². The first kappa shape index (κ1) is 13.8. The van der Waals surface area contributed by atoms with Crippen LogP contribution in [0.1, 0.15) is 49.5 Å². The van der Waals surface area contributed by atoms with Crippen molar-refractivity contribution in [2.24, 2.45) is 5.92 Å². The highest BCUT2D eigenvalue weighted by Crippen LogP contribution is 2.27. The Hall–Kier alpha value is -1.58. The fraction of sp³-hybridized carbons (Fsp3) is 0.600. The van der Waals surface area contributed by atoms with E-state index < -0.39 is 0 Å². The number of amides is 1. The van der Waals surface area contributed by atoms with E-state index in [1.165, 1.54) is 19.3 Å². The Morgan fingerprint density at radius 2 is 2.21 bits per heavy atom. The van der Waals surface area contributed by atoms with Gasteiger partial charge in [-0.15, -0.1) is 0 Å². The molecule has 1 fully saturated rings. The van der Waals surface area contributed by atoms with Gasteiger partial charge in [-0.3, -0.25) is 9.78 Å². The molecule has 0 spiro atoms. The fourth-order valence-corrected chi connectivity index (χ4v) is 2.84. The predicted molar refractivity (Wildman–Crippen MR) is 77.3 cm³/mol. The SMILES string of the molecule is CCC1CCCCC1NC(=O)c1cc(NC)ccn1. The van der Waals surface area contributed by atoms with Crippen molar-refractivity contribution in [1.82, 2.24) is 10.3 Å². The molecule has 4 nitrogen and oxygen atoms in total. The molecule has 1 aliphatic rings. The second-order valence-corrected chi connectivity index (χ2v) is 5.21. The maximum absolute atomic E-state index is 12.2. The van der Waals surface area contributed by atoms with Crippen LogP contribution in [0.3, 0.4) is 0 Å². The Morgan fingerprint density at radius 3 is 2.95 bits per heavy atom. The number of pyridine rings is 1. The second-order valence-electron chi connectivity index (χ2n) is 5.21. The van der Waals surface area contributed by atoms with Crippen LogP contribution in [0.5, 0.6) is 0 Å². The molecule has 4 heteroatoms. The summed E-state index contributed by atoms with van der Waals surface area (Å²) in [6.07, 6.45) is 7.62. The molecular weight excluding hydrogens is 238 g/mol. The van der Waals surface area contributed by atoms with Crippen molar-refractivity contribution in [3.8, 4) is 0 Å². The topological polar surface area (TPSA) is 54.0 Å². The third kappa shape index (κ3) is 3.46. The van der Waals surface area contributed by atoms with Crippen LogP contribution < -0.4 is 10.6 Å². The summed E-state index contributed by atoms with van der Waals surface area (Å²) in [5.41, 5.74) is 1.41. The number of rotatable bonds is 4. The molecular formula is C15H23N3O. The highest BCUT2D eigenvalue weighted by molar-refractivity contribution is 5.93. The molecule has 1 aromatic heterocycles. The van der Waals surface area contributed by atoms with Crippen LogP contribution >= 0.6 is 0 Å². The minimum atomic E-state index is -0.0533. The standard InChI is InChI=1S/C15H23N3O/c1-3-11-6-4-5-7-13(11)18-15(19)14-10-12(16-2)8-9-17-14/h8-11,13H,3-7H2,1-2H3,(H,16,17)(H,18,19). The number of nitrogens with one attached hydrogen (secondary N) is 2. The number of carbonyl (C=O) groups is 1. The molecule has 1 saturated carbocycles. The molecule has 0 radical (unpaired) electrons. The van der Waals surface area contributed by atoms with E-state index in [-0.39, 0.29) is 5.91 Å². The summed E-state index contributed by atoms with van der Waals surface area (Å²) < 4.78 is 0. The summed E-state index contributed by atoms with van der Waals surface area (Å²) in [5, 5.41) is 6.18. The molecule has 0 bridgehead atoms. The lowest BCUT2D eigenvalue weighted by Crippen LogP contribution is -2.42. The summed E-state index contributed by atoms with van der Waals surface area (Å²) >= 11 is 0. The molecule has 19 heavy (non-hydrogen) atoms. The van der Waals surface area contributed by atoms with Crippen molar-refractivity contribution in [2.45, 2.75) is 45.1 Å². The van der Waals surface area contributed by atoms with E-state index in [1.807, 2.05) is 13.1 Å². The van der Waals surface area contributed by atoms with Crippen LogP contribution in [0.15, 0.2) is 18.3 Å². The number of aromatic nitrogens is 1. The molecule has 0 saturated heterocycles. The first-order valence-corrected chi connectivity index (χ1v) is 7.19. The Bertz CT molecular complexity index is 433. The summed E-state index contributed by atoms with van der Waals surface area (Å²) in [5.74, 6) is 0.563. The molecule has 1 aliphatic carbocycles. The number of nitrogens with zero attached hydrogens (tertiary/aromatic N) is 1. The normalized spacial score (nSPS) is 22.8. The summed E-state index contributed by atoms with van der Waals surface area (Å²) in [4.78, 5) is 16.4. The van der Waals surface area contributed by atoms with Crippen molar-refractivity contribution in [3.63, 3.8) is 0 Å². The van der Waals surface area contributed by atoms with E-state index in [9.17, 15) is 4.79 Å². The third-order valence-corrected chi connectivity index (χ3v) is 4.03. The number of hydrogen-bond donors (Lipinski definition) is 2. The van der Waals surface area contributed by atoms with E-state index in [0.717, 1.165) is 18.5 Å². The van der Waals surface area contributed by atoms with Crippen LogP contribution in [0.25, 0.3) is 0 Å². The van der Waals surface area contributed by atoms with E-state index in [0.29, 0.717) is 17.7 Å². The van der Waals surface area contributed by atoms with E-state index in [4.69, 9.17) is 0 Å². The highest BCUT2D eigenvalue weighted by Gasteiger charge is 2.25. The van der Waals surface area contributed by atoms with Gasteiger partial charge in [0.1, 0.15) is 5.69 Å². The van der Waals surface area contributed by atoms with Gasteiger partial charge in [0.05, 0.1) is 0 Å². The van der Waals surface area contributed by atoms with Crippen molar-refractivity contribution >= 4 is 11.6 Å². The van der Waals surface area contributed by atoms with Crippen LogP contribution in [0, 0.1) is 5.92 Å². The highest BCUT2D eigenvalue weighted by atomic mass is 16.1. The van der Waals surface area contributed by atoms with Gasteiger partial charge < -0.3 is 10.6 Å². The van der Waals surface area contributed by atoms with E-state index in [1.54, 1.807) is 12.3 Å². The Morgan fingerprint density at radius 1 is 1.42 bits per heavy atom. The van der Waals surface area contributed by atoms with Gasteiger partial charge in [0.2, 0.25) is 0 Å². The first-order chi connectivity index (χ1) is 9.24. The van der Waals surface area contributed by atoms with Crippen molar-refractivity contribution in [2.75, 3.05) is 12.4 Å². The van der Waals surface area contributed by atoms with Crippen LogP contribution in [-0.2, 0) is 0 Å². The third-order valence-electron chi connectivity index (χ3n) is 4.03. The Kier molecular flexibility index (Phi) is 4.77. The van der Waals surface area contributed by atoms with Crippen LogP contribution in [0.2, 0.25) is 0 Å². The predicted octanol–water partition coefficient (Wildman–Crippen LogP) is 2.82. The molecule has 0 aliphatic heterocycles. The first-order valence-electron chi connectivity index (χ1n) is 7.19. The van der Waals surface area contributed by atoms with E-state index >= 15 is 0 Å². The molecule has 2 rings (SSSR count). The van der Waals surface area contributed by atoms with Gasteiger partial charge in [-0.25, -0.2) is 0 Å². The van der Waals surface area contributed by atoms with Crippen molar-refractivity contribution in [1.29, 1.82) is 0 Å². The molecule has 1 heterocycles. The summed E-state index contributed by atoms with van der Waals surface area (Å²) in [7, 11) is 1.84. The van der Waals surface area contributed by atoms with E-state index in [2.05, 4.69) is 22.5 Å². The van der Waals surface area contributed by atoms with Gasteiger partial charge in [0.15, 0.2) is 0 Å². The molecule has 1 amide bonds. The Labute approximate surface area is 115 Å². The number of carbonyl (C=O) groups excluding carboxylic acids is 1. The molecule has 2 atom stereocenters. The molecule has 2 unspecified atom stereocenters. The van der Waals surface area contributed by atoms with Crippen molar-refractivity contribution in [3.05, 3.63) is 24.0 Å². The molecule has 2 N–H and O–H groups in total. The smallest absolute Gasteiger partial charge is 0.270 e. The van der Waals surface area contributed by atoms with Crippen LogP contribution in [0.4, 0.5) is 5.69 Å². The maximum Gasteiger partial charge on any atom is 0.270 e. The quantitative estimate of drug-likeness (QED) is 0.876. The molecule has 1 aromatic rings. The van der Waals surface area contributed by atoms with Gasteiger partial charge in [-0.05, 0) is 30.9 Å². The maximum atomic E-state index is 12.2. The number of anilines is 1. The minimum absolute atomic E-state index is 0.0533. The van der Waals surface area contributed by atoms with Gasteiger partial charge >= 0.3 is 0 Å². The zero-order valence-electron chi connectivity index (χ0n) is 11.8. The zero-order valence-corrected chi connectivity index (χ0v) is 11.8. The largest absolute Gasteiger partial charge is 0.388 e. The van der Waals surface area contributed by atoms with Crippen molar-refractivity contribution < 1.29 is 4.79 Å². The van der Waals surface area contributed by atoms with Crippen LogP contribution in [-0.4, -0.2) is 24.0 Å². The molecule has 0 aromatic carbocycles. The average molecular weight is 261 g/mol. The lowest BCUT2D eigenvalue weighted by Gasteiger charge is -2.31. The van der Waals surface area contributed by atoms with Gasteiger partial charge in [0, 0.05) is 25.0 Å². The number of hydrogen-bond acceptors (Lipinski definition) is 3. The molecule has 104 valence electrons. The summed E-state index contributed by atoms with van der Waals surface area (Å²) in [6.45, 7) is 2.20.